The maximum absolute atomic E-state index is 12.1. The van der Waals surface area contributed by atoms with Crippen molar-refractivity contribution in [3.8, 4) is 5.75 Å². The highest BCUT2D eigenvalue weighted by atomic mass is 19.4. The van der Waals surface area contributed by atoms with E-state index < -0.39 is 6.36 Å². The molecule has 3 aromatic rings. The number of hydrogen-bond acceptors (Lipinski definition) is 3. The first-order chi connectivity index (χ1) is 10.9. The predicted octanol–water partition coefficient (Wildman–Crippen LogP) is 5.19. The number of anilines is 2. The Bertz CT molecular complexity index is 829. The molecule has 0 aliphatic carbocycles. The summed E-state index contributed by atoms with van der Waals surface area (Å²) in [6.07, 6.45) is -4.69. The topological polar surface area (TPSA) is 34.1 Å². The maximum Gasteiger partial charge on any atom is 0.573 e. The first-order valence-electron chi connectivity index (χ1n) is 6.90. The van der Waals surface area contributed by atoms with Gasteiger partial charge in [-0.25, -0.2) is 4.98 Å². The van der Waals surface area contributed by atoms with E-state index >= 15 is 0 Å². The number of aryl methyl sites for hydroxylation is 1. The standard InChI is InChI=1S/C17H13F3N2O/c1-11-10-16(22-15-5-3-2-4-14(11)15)21-12-6-8-13(9-7-12)23-17(18,19)20/h2-10H,1H3,(H,21,22). The molecule has 0 aliphatic heterocycles. The zero-order valence-electron chi connectivity index (χ0n) is 12.2. The van der Waals surface area contributed by atoms with Crippen LogP contribution in [0.1, 0.15) is 5.56 Å². The molecule has 118 valence electrons. The number of fused-ring (bicyclic) bond motifs is 1. The summed E-state index contributed by atoms with van der Waals surface area (Å²) >= 11 is 0. The lowest BCUT2D eigenvalue weighted by Gasteiger charge is -2.11. The molecule has 6 heteroatoms. The monoisotopic (exact) mass is 318 g/mol. The Labute approximate surface area is 130 Å². The number of halogens is 3. The average Bonchev–Trinajstić information content (AvgIpc) is 2.48. The number of benzene rings is 2. The van der Waals surface area contributed by atoms with Gasteiger partial charge in [-0.3, -0.25) is 0 Å². The molecule has 0 spiro atoms. The fraction of sp³-hybridized carbons (Fsp3) is 0.118. The van der Waals surface area contributed by atoms with Crippen LogP contribution in [0.2, 0.25) is 0 Å². The van der Waals surface area contributed by atoms with E-state index in [-0.39, 0.29) is 5.75 Å². The van der Waals surface area contributed by atoms with E-state index in [1.54, 1.807) is 0 Å². The van der Waals surface area contributed by atoms with Gasteiger partial charge >= 0.3 is 6.36 Å². The Morgan fingerprint density at radius 3 is 2.39 bits per heavy atom. The lowest BCUT2D eigenvalue weighted by Crippen LogP contribution is -2.16. The van der Waals surface area contributed by atoms with Crippen molar-refractivity contribution in [2.45, 2.75) is 13.3 Å². The van der Waals surface area contributed by atoms with Crippen LogP contribution in [-0.4, -0.2) is 11.3 Å². The molecular weight excluding hydrogens is 305 g/mol. The third kappa shape index (κ3) is 3.71. The van der Waals surface area contributed by atoms with Gasteiger partial charge < -0.3 is 10.1 Å². The minimum atomic E-state index is -4.69. The second-order valence-corrected chi connectivity index (χ2v) is 5.04. The molecule has 3 nitrogen and oxygen atoms in total. The van der Waals surface area contributed by atoms with Gasteiger partial charge in [0.05, 0.1) is 5.52 Å². The fourth-order valence-corrected chi connectivity index (χ4v) is 2.30. The number of hydrogen-bond donors (Lipinski definition) is 1. The summed E-state index contributed by atoms with van der Waals surface area (Å²) in [5.74, 6) is 0.372. The number of ether oxygens (including phenoxy) is 1. The zero-order chi connectivity index (χ0) is 16.4. The summed E-state index contributed by atoms with van der Waals surface area (Å²) in [6, 6.07) is 15.2. The zero-order valence-corrected chi connectivity index (χ0v) is 12.2. The van der Waals surface area contributed by atoms with Crippen LogP contribution in [0.3, 0.4) is 0 Å². The Balaban J connectivity index is 1.82. The van der Waals surface area contributed by atoms with Crippen molar-refractivity contribution < 1.29 is 17.9 Å². The molecular formula is C17H13F3N2O. The third-order valence-corrected chi connectivity index (χ3v) is 3.28. The van der Waals surface area contributed by atoms with E-state index in [2.05, 4.69) is 15.0 Å². The van der Waals surface area contributed by atoms with Crippen LogP contribution in [0.4, 0.5) is 24.7 Å². The van der Waals surface area contributed by atoms with Crippen molar-refractivity contribution >= 4 is 22.4 Å². The molecule has 1 heterocycles. The normalized spacial score (nSPS) is 11.5. The Morgan fingerprint density at radius 2 is 1.70 bits per heavy atom. The van der Waals surface area contributed by atoms with Gasteiger partial charge in [-0.05, 0) is 48.9 Å². The molecule has 0 unspecified atom stereocenters. The summed E-state index contributed by atoms with van der Waals surface area (Å²) in [5.41, 5.74) is 2.55. The number of pyridine rings is 1. The second kappa shape index (κ2) is 5.79. The highest BCUT2D eigenvalue weighted by Crippen LogP contribution is 2.26. The number of aromatic nitrogens is 1. The van der Waals surface area contributed by atoms with Gasteiger partial charge in [-0.15, -0.1) is 13.2 Å². The predicted molar refractivity (Wildman–Crippen MR) is 82.9 cm³/mol. The Morgan fingerprint density at radius 1 is 1.00 bits per heavy atom. The Kier molecular flexibility index (Phi) is 3.82. The van der Waals surface area contributed by atoms with Crippen molar-refractivity contribution in [3.05, 3.63) is 60.2 Å². The number of rotatable bonds is 3. The molecule has 1 N–H and O–H groups in total. The molecule has 0 saturated carbocycles. The summed E-state index contributed by atoms with van der Waals surface area (Å²) < 4.78 is 40.2. The first kappa shape index (κ1) is 15.1. The van der Waals surface area contributed by atoms with Gasteiger partial charge in [0.2, 0.25) is 0 Å². The molecule has 0 radical (unpaired) electrons. The summed E-state index contributed by atoms with van der Waals surface area (Å²) in [5, 5.41) is 4.14. The molecule has 0 fully saturated rings. The van der Waals surface area contributed by atoms with Crippen molar-refractivity contribution in [3.63, 3.8) is 0 Å². The number of nitrogens with one attached hydrogen (secondary N) is 1. The first-order valence-corrected chi connectivity index (χ1v) is 6.90. The molecule has 2 aromatic carbocycles. The smallest absolute Gasteiger partial charge is 0.406 e. The second-order valence-electron chi connectivity index (χ2n) is 5.04. The van der Waals surface area contributed by atoms with E-state index in [1.807, 2.05) is 37.3 Å². The molecule has 0 amide bonds. The number of nitrogens with zero attached hydrogens (tertiary/aromatic N) is 1. The van der Waals surface area contributed by atoms with Crippen molar-refractivity contribution in [1.29, 1.82) is 0 Å². The van der Waals surface area contributed by atoms with Gasteiger partial charge in [0, 0.05) is 11.1 Å². The largest absolute Gasteiger partial charge is 0.573 e. The summed E-state index contributed by atoms with van der Waals surface area (Å²) in [4.78, 5) is 4.49. The summed E-state index contributed by atoms with van der Waals surface area (Å²) in [6.45, 7) is 1.98. The molecule has 0 saturated heterocycles. The molecule has 3 rings (SSSR count). The van der Waals surface area contributed by atoms with E-state index in [0.717, 1.165) is 16.5 Å². The summed E-state index contributed by atoms with van der Waals surface area (Å²) in [7, 11) is 0. The Hall–Kier alpha value is -2.76. The lowest BCUT2D eigenvalue weighted by atomic mass is 10.1. The SMILES string of the molecule is Cc1cc(Nc2ccc(OC(F)(F)F)cc2)nc2ccccc12. The van der Waals surface area contributed by atoms with E-state index in [9.17, 15) is 13.2 Å². The molecule has 0 atom stereocenters. The lowest BCUT2D eigenvalue weighted by molar-refractivity contribution is -0.274. The average molecular weight is 318 g/mol. The molecule has 0 aliphatic rings. The molecule has 23 heavy (non-hydrogen) atoms. The number of alkyl halides is 3. The molecule has 1 aromatic heterocycles. The van der Waals surface area contributed by atoms with Crippen molar-refractivity contribution in [2.75, 3.05) is 5.32 Å². The van der Waals surface area contributed by atoms with Crippen LogP contribution in [0.25, 0.3) is 10.9 Å². The quantitative estimate of drug-likeness (QED) is 0.722. The highest BCUT2D eigenvalue weighted by molar-refractivity contribution is 5.84. The highest BCUT2D eigenvalue weighted by Gasteiger charge is 2.30. The van der Waals surface area contributed by atoms with Gasteiger partial charge in [0.15, 0.2) is 0 Å². The minimum Gasteiger partial charge on any atom is -0.406 e. The molecule has 0 bridgehead atoms. The van der Waals surface area contributed by atoms with Crippen LogP contribution in [0.15, 0.2) is 54.6 Å². The third-order valence-electron chi connectivity index (χ3n) is 3.28. The van der Waals surface area contributed by atoms with Crippen molar-refractivity contribution in [1.82, 2.24) is 4.98 Å². The number of para-hydroxylation sites is 1. The van der Waals surface area contributed by atoms with E-state index in [0.29, 0.717) is 11.5 Å². The van der Waals surface area contributed by atoms with Gasteiger partial charge in [-0.2, -0.15) is 0 Å². The van der Waals surface area contributed by atoms with Crippen LogP contribution >= 0.6 is 0 Å². The van der Waals surface area contributed by atoms with E-state index in [1.165, 1.54) is 24.3 Å². The van der Waals surface area contributed by atoms with E-state index in [4.69, 9.17) is 0 Å². The van der Waals surface area contributed by atoms with Gasteiger partial charge in [0.1, 0.15) is 11.6 Å². The van der Waals surface area contributed by atoms with Gasteiger partial charge in [0.25, 0.3) is 0 Å². The van der Waals surface area contributed by atoms with Crippen LogP contribution < -0.4 is 10.1 Å². The van der Waals surface area contributed by atoms with Crippen molar-refractivity contribution in [2.24, 2.45) is 0 Å². The maximum atomic E-state index is 12.1. The fourth-order valence-electron chi connectivity index (χ4n) is 2.30. The minimum absolute atomic E-state index is 0.259. The van der Waals surface area contributed by atoms with Crippen LogP contribution in [0, 0.1) is 6.92 Å². The van der Waals surface area contributed by atoms with Crippen LogP contribution in [0.5, 0.6) is 5.75 Å². The van der Waals surface area contributed by atoms with Gasteiger partial charge in [-0.1, -0.05) is 18.2 Å². The van der Waals surface area contributed by atoms with Crippen LogP contribution in [-0.2, 0) is 0 Å².